The van der Waals surface area contributed by atoms with E-state index in [9.17, 15) is 5.11 Å². The molecule has 0 amide bonds. The van der Waals surface area contributed by atoms with Gasteiger partial charge in [-0.1, -0.05) is 18.2 Å². The molecule has 2 aromatic carbocycles. The molecular formula is C17H19IO3. The van der Waals surface area contributed by atoms with Crippen LogP contribution in [0.15, 0.2) is 42.5 Å². The molecule has 0 fully saturated rings. The van der Waals surface area contributed by atoms with Gasteiger partial charge in [0.05, 0.1) is 13.2 Å². The van der Waals surface area contributed by atoms with Gasteiger partial charge in [-0.05, 0) is 71.8 Å². The first kappa shape index (κ1) is 16.1. The topological polar surface area (TPSA) is 38.7 Å². The van der Waals surface area contributed by atoms with Crippen LogP contribution in [0.4, 0.5) is 0 Å². The lowest BCUT2D eigenvalue weighted by Crippen LogP contribution is -2.03. The lowest BCUT2D eigenvalue weighted by atomic mass is 10.0. The summed E-state index contributed by atoms with van der Waals surface area (Å²) in [6.45, 7) is 5.00. The normalized spacial score (nSPS) is 12.0. The first-order valence-electron chi connectivity index (χ1n) is 6.98. The highest BCUT2D eigenvalue weighted by Crippen LogP contribution is 2.32. The maximum atomic E-state index is 10.5. The Labute approximate surface area is 139 Å². The largest absolute Gasteiger partial charge is 0.490 e. The summed E-state index contributed by atoms with van der Waals surface area (Å²) >= 11 is 2.25. The zero-order chi connectivity index (χ0) is 15.2. The van der Waals surface area contributed by atoms with Gasteiger partial charge in [-0.2, -0.15) is 0 Å². The Morgan fingerprint density at radius 3 is 2.10 bits per heavy atom. The van der Waals surface area contributed by atoms with Gasteiger partial charge in [-0.25, -0.2) is 0 Å². The van der Waals surface area contributed by atoms with E-state index in [1.807, 2.05) is 56.3 Å². The van der Waals surface area contributed by atoms with Gasteiger partial charge in [0.1, 0.15) is 6.10 Å². The molecule has 0 aromatic heterocycles. The lowest BCUT2D eigenvalue weighted by Gasteiger charge is -2.16. The first-order valence-corrected chi connectivity index (χ1v) is 8.06. The van der Waals surface area contributed by atoms with Gasteiger partial charge in [0.2, 0.25) is 0 Å². The molecule has 0 aliphatic heterocycles. The highest BCUT2D eigenvalue weighted by molar-refractivity contribution is 14.1. The summed E-state index contributed by atoms with van der Waals surface area (Å²) in [7, 11) is 0. The quantitative estimate of drug-likeness (QED) is 0.743. The smallest absolute Gasteiger partial charge is 0.161 e. The maximum absolute atomic E-state index is 10.5. The first-order chi connectivity index (χ1) is 10.2. The molecule has 0 radical (unpaired) electrons. The molecule has 4 heteroatoms. The Morgan fingerprint density at radius 1 is 0.905 bits per heavy atom. The molecule has 2 rings (SSSR count). The van der Waals surface area contributed by atoms with Crippen molar-refractivity contribution in [3.8, 4) is 11.5 Å². The Hall–Kier alpha value is -1.27. The van der Waals surface area contributed by atoms with E-state index in [0.29, 0.717) is 24.7 Å². The summed E-state index contributed by atoms with van der Waals surface area (Å²) in [4.78, 5) is 0. The van der Waals surface area contributed by atoms with Crippen molar-refractivity contribution in [2.24, 2.45) is 0 Å². The monoisotopic (exact) mass is 398 g/mol. The Morgan fingerprint density at radius 2 is 1.48 bits per heavy atom. The van der Waals surface area contributed by atoms with Crippen molar-refractivity contribution < 1.29 is 14.6 Å². The molecule has 0 saturated heterocycles. The number of ether oxygens (including phenoxy) is 2. The average Bonchev–Trinajstić information content (AvgIpc) is 2.49. The van der Waals surface area contributed by atoms with Crippen LogP contribution in [0.3, 0.4) is 0 Å². The lowest BCUT2D eigenvalue weighted by molar-refractivity contribution is 0.218. The van der Waals surface area contributed by atoms with Crippen LogP contribution in [-0.4, -0.2) is 18.3 Å². The zero-order valence-electron chi connectivity index (χ0n) is 12.2. The van der Waals surface area contributed by atoms with Gasteiger partial charge < -0.3 is 14.6 Å². The number of halogens is 1. The average molecular weight is 398 g/mol. The van der Waals surface area contributed by atoms with Crippen molar-refractivity contribution in [3.05, 3.63) is 57.2 Å². The minimum Gasteiger partial charge on any atom is -0.490 e. The molecule has 0 saturated carbocycles. The van der Waals surface area contributed by atoms with E-state index < -0.39 is 6.10 Å². The predicted molar refractivity (Wildman–Crippen MR) is 92.0 cm³/mol. The van der Waals surface area contributed by atoms with E-state index in [0.717, 1.165) is 14.7 Å². The minimum atomic E-state index is -0.670. The fraction of sp³-hybridized carbons (Fsp3) is 0.294. The van der Waals surface area contributed by atoms with Crippen LogP contribution in [0.25, 0.3) is 0 Å². The van der Waals surface area contributed by atoms with Crippen molar-refractivity contribution in [2.75, 3.05) is 13.2 Å². The number of rotatable bonds is 6. The van der Waals surface area contributed by atoms with Gasteiger partial charge in [-0.15, -0.1) is 0 Å². The third-order valence-corrected chi connectivity index (χ3v) is 3.79. The Bertz CT molecular complexity index is 581. The maximum Gasteiger partial charge on any atom is 0.161 e. The van der Waals surface area contributed by atoms with Crippen LogP contribution < -0.4 is 9.47 Å². The Kier molecular flexibility index (Phi) is 5.87. The van der Waals surface area contributed by atoms with Crippen molar-refractivity contribution >= 4 is 22.6 Å². The van der Waals surface area contributed by atoms with Crippen molar-refractivity contribution in [2.45, 2.75) is 20.0 Å². The summed E-state index contributed by atoms with van der Waals surface area (Å²) in [5.41, 5.74) is 1.66. The van der Waals surface area contributed by atoms with E-state index >= 15 is 0 Å². The standard InChI is InChI=1S/C17H19IO3/c1-3-20-15-10-7-13(11-16(15)21-4-2)17(19)12-5-8-14(18)9-6-12/h5-11,17,19H,3-4H2,1-2H3. The number of aliphatic hydroxyl groups excluding tert-OH is 1. The van der Waals surface area contributed by atoms with Crippen molar-refractivity contribution in [1.29, 1.82) is 0 Å². The number of aliphatic hydroxyl groups is 1. The van der Waals surface area contributed by atoms with Crippen molar-refractivity contribution in [3.63, 3.8) is 0 Å². The fourth-order valence-corrected chi connectivity index (χ4v) is 2.43. The summed E-state index contributed by atoms with van der Waals surface area (Å²) in [5, 5.41) is 10.5. The molecule has 1 N–H and O–H groups in total. The molecule has 112 valence electrons. The van der Waals surface area contributed by atoms with Crippen molar-refractivity contribution in [1.82, 2.24) is 0 Å². The zero-order valence-corrected chi connectivity index (χ0v) is 14.3. The summed E-state index contributed by atoms with van der Waals surface area (Å²) in [5.74, 6) is 1.37. The second-order valence-corrected chi connectivity index (χ2v) is 5.77. The van der Waals surface area contributed by atoms with E-state index in [4.69, 9.17) is 9.47 Å². The Balaban J connectivity index is 2.30. The van der Waals surface area contributed by atoms with E-state index in [1.54, 1.807) is 0 Å². The molecular weight excluding hydrogens is 379 g/mol. The molecule has 21 heavy (non-hydrogen) atoms. The molecule has 0 bridgehead atoms. The van der Waals surface area contributed by atoms with Gasteiger partial charge in [0.15, 0.2) is 11.5 Å². The van der Waals surface area contributed by atoms with Gasteiger partial charge >= 0.3 is 0 Å². The van der Waals surface area contributed by atoms with Crippen LogP contribution in [0.1, 0.15) is 31.1 Å². The number of hydrogen-bond acceptors (Lipinski definition) is 3. The number of hydrogen-bond donors (Lipinski definition) is 1. The second kappa shape index (κ2) is 7.66. The van der Waals surface area contributed by atoms with E-state index in [1.165, 1.54) is 0 Å². The number of benzene rings is 2. The summed E-state index contributed by atoms with van der Waals surface area (Å²) < 4.78 is 12.3. The van der Waals surface area contributed by atoms with Gasteiger partial charge in [-0.3, -0.25) is 0 Å². The summed E-state index contributed by atoms with van der Waals surface area (Å²) in [6.07, 6.45) is -0.670. The molecule has 3 nitrogen and oxygen atoms in total. The second-order valence-electron chi connectivity index (χ2n) is 4.53. The molecule has 2 aromatic rings. The van der Waals surface area contributed by atoms with Crippen LogP contribution in [0.2, 0.25) is 0 Å². The minimum absolute atomic E-state index is 0.559. The van der Waals surface area contributed by atoms with Crippen LogP contribution in [0.5, 0.6) is 11.5 Å². The van der Waals surface area contributed by atoms with E-state index in [-0.39, 0.29) is 0 Å². The van der Waals surface area contributed by atoms with E-state index in [2.05, 4.69) is 22.6 Å². The molecule has 0 aliphatic rings. The third-order valence-electron chi connectivity index (χ3n) is 3.07. The predicted octanol–water partition coefficient (Wildman–Crippen LogP) is 4.17. The third kappa shape index (κ3) is 4.11. The van der Waals surface area contributed by atoms with Crippen LogP contribution in [0, 0.1) is 3.57 Å². The molecule has 0 aliphatic carbocycles. The molecule has 0 heterocycles. The summed E-state index contributed by atoms with van der Waals surface area (Å²) in [6, 6.07) is 13.4. The van der Waals surface area contributed by atoms with Gasteiger partial charge in [0, 0.05) is 3.57 Å². The van der Waals surface area contributed by atoms with Gasteiger partial charge in [0.25, 0.3) is 0 Å². The fourth-order valence-electron chi connectivity index (χ4n) is 2.08. The van der Waals surface area contributed by atoms with Crippen LogP contribution >= 0.6 is 22.6 Å². The highest BCUT2D eigenvalue weighted by Gasteiger charge is 2.14. The highest BCUT2D eigenvalue weighted by atomic mass is 127. The SMILES string of the molecule is CCOc1ccc(C(O)c2ccc(I)cc2)cc1OCC. The molecule has 0 spiro atoms. The molecule has 1 unspecified atom stereocenters. The molecule has 1 atom stereocenters. The van der Waals surface area contributed by atoms with Crippen LogP contribution in [-0.2, 0) is 0 Å².